The lowest BCUT2D eigenvalue weighted by Crippen LogP contribution is -2.42. The van der Waals surface area contributed by atoms with Crippen molar-refractivity contribution in [1.29, 1.82) is 0 Å². The van der Waals surface area contributed by atoms with Gasteiger partial charge in [0.15, 0.2) is 11.6 Å². The molecule has 4 nitrogen and oxygen atoms in total. The Morgan fingerprint density at radius 1 is 1.12 bits per heavy atom. The van der Waals surface area contributed by atoms with Gasteiger partial charge < -0.3 is 14.4 Å². The Labute approximate surface area is 151 Å². The summed E-state index contributed by atoms with van der Waals surface area (Å²) in [6, 6.07) is 10.6. The Morgan fingerprint density at radius 3 is 2.62 bits per heavy atom. The highest BCUT2D eigenvalue weighted by Gasteiger charge is 2.28. The van der Waals surface area contributed by atoms with Gasteiger partial charge in [0, 0.05) is 19.0 Å². The summed E-state index contributed by atoms with van der Waals surface area (Å²) in [5.74, 6) is -0.918. The molecule has 0 bridgehead atoms. The maximum Gasteiger partial charge on any atom is 0.260 e. The van der Waals surface area contributed by atoms with Gasteiger partial charge in [-0.1, -0.05) is 18.2 Å². The van der Waals surface area contributed by atoms with Crippen molar-refractivity contribution >= 4 is 5.91 Å². The minimum Gasteiger partial charge on any atom is -0.496 e. The lowest BCUT2D eigenvalue weighted by Gasteiger charge is -2.33. The number of ether oxygens (including phenoxy) is 2. The Hall–Kier alpha value is -2.63. The molecule has 0 saturated carbocycles. The third-order valence-electron chi connectivity index (χ3n) is 4.53. The first kappa shape index (κ1) is 18.2. The molecule has 2 aromatic rings. The van der Waals surface area contributed by atoms with Crippen molar-refractivity contribution in [2.75, 3.05) is 26.8 Å². The third kappa shape index (κ3) is 3.95. The van der Waals surface area contributed by atoms with E-state index in [-0.39, 0.29) is 23.0 Å². The molecule has 6 heteroatoms. The zero-order chi connectivity index (χ0) is 18.5. The fourth-order valence-electron chi connectivity index (χ4n) is 3.20. The summed E-state index contributed by atoms with van der Waals surface area (Å²) in [6.07, 6.45) is 1.65. The summed E-state index contributed by atoms with van der Waals surface area (Å²) in [7, 11) is 1.41. The summed E-state index contributed by atoms with van der Waals surface area (Å²) in [6.45, 7) is 1.29. The molecule has 26 heavy (non-hydrogen) atoms. The molecule has 0 aromatic heterocycles. The summed E-state index contributed by atoms with van der Waals surface area (Å²) < 4.78 is 38.5. The molecule has 1 aliphatic rings. The van der Waals surface area contributed by atoms with Crippen LogP contribution in [0.2, 0.25) is 0 Å². The first-order valence-electron chi connectivity index (χ1n) is 8.59. The van der Waals surface area contributed by atoms with E-state index in [2.05, 4.69) is 0 Å². The fourth-order valence-corrected chi connectivity index (χ4v) is 3.20. The lowest BCUT2D eigenvalue weighted by atomic mass is 9.98. The van der Waals surface area contributed by atoms with Crippen molar-refractivity contribution < 1.29 is 23.0 Å². The van der Waals surface area contributed by atoms with Gasteiger partial charge in [0.2, 0.25) is 0 Å². The van der Waals surface area contributed by atoms with Crippen LogP contribution in [0.3, 0.4) is 0 Å². The van der Waals surface area contributed by atoms with E-state index in [9.17, 15) is 13.6 Å². The van der Waals surface area contributed by atoms with Gasteiger partial charge >= 0.3 is 0 Å². The van der Waals surface area contributed by atoms with Gasteiger partial charge in [-0.15, -0.1) is 0 Å². The summed E-state index contributed by atoms with van der Waals surface area (Å²) in [5.41, 5.74) is -0.0503. The van der Waals surface area contributed by atoms with Gasteiger partial charge in [0.05, 0.1) is 13.7 Å². The normalized spacial score (nSPS) is 17.0. The average molecular weight is 361 g/mol. The van der Waals surface area contributed by atoms with Crippen molar-refractivity contribution in [3.05, 3.63) is 59.7 Å². The number of benzene rings is 2. The first-order valence-corrected chi connectivity index (χ1v) is 8.59. The molecule has 2 aromatic carbocycles. The number of rotatable bonds is 5. The van der Waals surface area contributed by atoms with Crippen molar-refractivity contribution in [2.45, 2.75) is 12.8 Å². The predicted molar refractivity (Wildman–Crippen MR) is 93.5 cm³/mol. The second kappa shape index (κ2) is 8.17. The van der Waals surface area contributed by atoms with Gasteiger partial charge in [0.1, 0.15) is 17.1 Å². The monoisotopic (exact) mass is 361 g/mol. The SMILES string of the molecule is COc1cccc(F)c1C(=O)N1CCC[C@@H](COc2ccccc2F)C1. The molecule has 1 amide bonds. The van der Waals surface area contributed by atoms with Crippen LogP contribution in [0.25, 0.3) is 0 Å². The van der Waals surface area contributed by atoms with Gasteiger partial charge in [0.25, 0.3) is 5.91 Å². The van der Waals surface area contributed by atoms with Crippen LogP contribution in [0.5, 0.6) is 11.5 Å². The highest BCUT2D eigenvalue weighted by molar-refractivity contribution is 5.97. The van der Waals surface area contributed by atoms with Crippen LogP contribution in [0, 0.1) is 17.6 Å². The standard InChI is InChI=1S/C20H21F2NO3/c1-25-18-10-4-8-16(22)19(18)20(24)23-11-5-6-14(12-23)13-26-17-9-3-2-7-15(17)21/h2-4,7-10,14H,5-6,11-13H2,1H3/t14-/m1/s1. The fraction of sp³-hybridized carbons (Fsp3) is 0.350. The number of nitrogens with zero attached hydrogens (tertiary/aromatic N) is 1. The molecule has 1 atom stereocenters. The molecule has 0 N–H and O–H groups in total. The van der Waals surface area contributed by atoms with Gasteiger partial charge in [-0.25, -0.2) is 8.78 Å². The van der Waals surface area contributed by atoms with E-state index in [1.54, 1.807) is 29.2 Å². The van der Waals surface area contributed by atoms with E-state index in [0.717, 1.165) is 12.8 Å². The molecule has 0 spiro atoms. The lowest BCUT2D eigenvalue weighted by molar-refractivity contribution is 0.0623. The number of carbonyl (C=O) groups excluding carboxylic acids is 1. The minimum atomic E-state index is -0.598. The highest BCUT2D eigenvalue weighted by Crippen LogP contribution is 2.26. The van der Waals surface area contributed by atoms with E-state index in [1.165, 1.54) is 25.3 Å². The zero-order valence-corrected chi connectivity index (χ0v) is 14.6. The molecule has 1 fully saturated rings. The molecule has 0 radical (unpaired) electrons. The minimum absolute atomic E-state index is 0.0503. The number of likely N-dealkylation sites (tertiary alicyclic amines) is 1. The molecule has 3 rings (SSSR count). The van der Waals surface area contributed by atoms with E-state index in [1.807, 2.05) is 0 Å². The smallest absolute Gasteiger partial charge is 0.260 e. The predicted octanol–water partition coefficient (Wildman–Crippen LogP) is 3.90. The largest absolute Gasteiger partial charge is 0.496 e. The summed E-state index contributed by atoms with van der Waals surface area (Å²) in [5, 5.41) is 0. The van der Waals surface area contributed by atoms with Crippen LogP contribution in [0.15, 0.2) is 42.5 Å². The average Bonchev–Trinajstić information content (AvgIpc) is 2.67. The number of hydrogen-bond acceptors (Lipinski definition) is 3. The summed E-state index contributed by atoms with van der Waals surface area (Å²) in [4.78, 5) is 14.4. The molecule has 0 aliphatic carbocycles. The van der Waals surface area contributed by atoms with Crippen LogP contribution in [0.1, 0.15) is 23.2 Å². The summed E-state index contributed by atoms with van der Waals surface area (Å²) >= 11 is 0. The molecule has 0 unspecified atom stereocenters. The van der Waals surface area contributed by atoms with Crippen LogP contribution >= 0.6 is 0 Å². The number of hydrogen-bond donors (Lipinski definition) is 0. The Bertz CT molecular complexity index is 781. The molecule has 1 aliphatic heterocycles. The van der Waals surface area contributed by atoms with Gasteiger partial charge in [-0.05, 0) is 37.1 Å². The van der Waals surface area contributed by atoms with Gasteiger partial charge in [-0.3, -0.25) is 4.79 Å². The maximum absolute atomic E-state index is 14.2. The number of halogens is 2. The van der Waals surface area contributed by atoms with Crippen LogP contribution in [-0.4, -0.2) is 37.6 Å². The molecule has 138 valence electrons. The van der Waals surface area contributed by atoms with Crippen LogP contribution < -0.4 is 9.47 Å². The van der Waals surface area contributed by atoms with Crippen molar-refractivity contribution in [3.8, 4) is 11.5 Å². The highest BCUT2D eigenvalue weighted by atomic mass is 19.1. The van der Waals surface area contributed by atoms with E-state index in [0.29, 0.717) is 19.7 Å². The van der Waals surface area contributed by atoms with Crippen LogP contribution in [0.4, 0.5) is 8.78 Å². The van der Waals surface area contributed by atoms with Gasteiger partial charge in [-0.2, -0.15) is 0 Å². The number of para-hydroxylation sites is 1. The maximum atomic E-state index is 14.2. The number of piperidine rings is 1. The van der Waals surface area contributed by atoms with Crippen molar-refractivity contribution in [1.82, 2.24) is 4.90 Å². The number of carbonyl (C=O) groups is 1. The van der Waals surface area contributed by atoms with E-state index >= 15 is 0 Å². The quantitative estimate of drug-likeness (QED) is 0.811. The molecule has 1 saturated heterocycles. The number of amides is 1. The molecular formula is C20H21F2NO3. The third-order valence-corrected chi connectivity index (χ3v) is 4.53. The van der Waals surface area contributed by atoms with E-state index in [4.69, 9.17) is 9.47 Å². The number of methoxy groups -OCH3 is 1. The zero-order valence-electron chi connectivity index (χ0n) is 14.6. The first-order chi connectivity index (χ1) is 12.6. The molecule has 1 heterocycles. The van der Waals surface area contributed by atoms with Crippen molar-refractivity contribution in [2.24, 2.45) is 5.92 Å². The van der Waals surface area contributed by atoms with Crippen molar-refractivity contribution in [3.63, 3.8) is 0 Å². The second-order valence-corrected chi connectivity index (χ2v) is 6.32. The second-order valence-electron chi connectivity index (χ2n) is 6.32. The van der Waals surface area contributed by atoms with Crippen LogP contribution in [-0.2, 0) is 0 Å². The topological polar surface area (TPSA) is 38.8 Å². The Balaban J connectivity index is 1.67. The molecular weight excluding hydrogens is 340 g/mol. The van der Waals surface area contributed by atoms with E-state index < -0.39 is 17.5 Å². The Kier molecular flexibility index (Phi) is 5.71. The Morgan fingerprint density at radius 2 is 1.85 bits per heavy atom.